The van der Waals surface area contributed by atoms with Gasteiger partial charge in [-0.25, -0.2) is 4.98 Å². The van der Waals surface area contributed by atoms with Crippen LogP contribution in [0.5, 0.6) is 0 Å². The topological polar surface area (TPSA) is 17.8 Å². The van der Waals surface area contributed by atoms with Crippen LogP contribution in [0.1, 0.15) is 0 Å². The van der Waals surface area contributed by atoms with E-state index in [1.807, 2.05) is 12.1 Å². The van der Waals surface area contributed by atoms with Gasteiger partial charge in [-0.3, -0.25) is 4.57 Å². The largest absolute Gasteiger partial charge is 0.292 e. The first-order valence-electron chi connectivity index (χ1n) is 13.3. The third-order valence-electron chi connectivity index (χ3n) is 7.80. The van der Waals surface area contributed by atoms with Crippen LogP contribution in [-0.2, 0) is 0 Å². The van der Waals surface area contributed by atoms with Crippen molar-refractivity contribution in [2.75, 3.05) is 0 Å². The van der Waals surface area contributed by atoms with Crippen molar-refractivity contribution in [3.63, 3.8) is 0 Å². The summed E-state index contributed by atoms with van der Waals surface area (Å²) in [5.41, 5.74) is 6.75. The van der Waals surface area contributed by atoms with E-state index in [2.05, 4.69) is 138 Å². The van der Waals surface area contributed by atoms with Crippen LogP contribution in [0.25, 0.3) is 71.6 Å². The Kier molecular flexibility index (Phi) is 4.86. The molecule has 0 N–H and O–H groups in total. The maximum Gasteiger partial charge on any atom is 0.145 e. The SMILES string of the molecule is c1ccc(-n2c(-c3ccc(-c4cc5c6ccccc6ccc5c5ccccc45)cc3)nc3ccccc32)cc1. The lowest BCUT2D eigenvalue weighted by Gasteiger charge is -2.14. The first-order valence-corrected chi connectivity index (χ1v) is 13.3. The lowest BCUT2D eigenvalue weighted by Crippen LogP contribution is -1.97. The Balaban J connectivity index is 1.33. The molecule has 2 heteroatoms. The van der Waals surface area contributed by atoms with Gasteiger partial charge in [-0.2, -0.15) is 0 Å². The number of imidazole rings is 1. The molecular formula is C37H24N2. The monoisotopic (exact) mass is 496 g/mol. The predicted octanol–water partition coefficient (Wildman–Crippen LogP) is 9.82. The van der Waals surface area contributed by atoms with Crippen molar-refractivity contribution in [1.82, 2.24) is 9.55 Å². The highest BCUT2D eigenvalue weighted by Crippen LogP contribution is 2.38. The van der Waals surface area contributed by atoms with E-state index >= 15 is 0 Å². The molecule has 0 amide bonds. The van der Waals surface area contributed by atoms with E-state index in [0.717, 1.165) is 28.1 Å². The fourth-order valence-electron chi connectivity index (χ4n) is 5.96. The van der Waals surface area contributed by atoms with E-state index in [4.69, 9.17) is 4.98 Å². The number of fused-ring (bicyclic) bond motifs is 6. The molecule has 8 aromatic rings. The summed E-state index contributed by atoms with van der Waals surface area (Å²) in [6.45, 7) is 0. The van der Waals surface area contributed by atoms with Crippen molar-refractivity contribution in [3.8, 4) is 28.2 Å². The molecule has 0 aliphatic rings. The Labute approximate surface area is 226 Å². The summed E-state index contributed by atoms with van der Waals surface area (Å²) in [5, 5.41) is 7.69. The molecule has 0 radical (unpaired) electrons. The molecule has 39 heavy (non-hydrogen) atoms. The zero-order valence-electron chi connectivity index (χ0n) is 21.3. The molecule has 0 saturated heterocycles. The standard InChI is InChI=1S/C37H24N2/c1-2-11-28(12-3-1)39-36-17-9-8-16-35(36)38-37(39)27-20-18-26(19-21-27)33-24-34-29-13-5-4-10-25(29)22-23-32(34)30-14-6-7-15-31(30)33/h1-24H. The molecule has 0 aliphatic carbocycles. The van der Waals surface area contributed by atoms with E-state index in [9.17, 15) is 0 Å². The average molecular weight is 497 g/mol. The first kappa shape index (κ1) is 21.8. The second-order valence-electron chi connectivity index (χ2n) is 10.0. The van der Waals surface area contributed by atoms with Gasteiger partial charge in [-0.1, -0.05) is 115 Å². The Bertz CT molecular complexity index is 2150. The predicted molar refractivity (Wildman–Crippen MR) is 164 cm³/mol. The second kappa shape index (κ2) is 8.68. The molecule has 1 aromatic heterocycles. The van der Waals surface area contributed by atoms with E-state index in [1.165, 1.54) is 43.4 Å². The fraction of sp³-hybridized carbons (Fsp3) is 0. The van der Waals surface area contributed by atoms with Crippen LogP contribution in [-0.4, -0.2) is 9.55 Å². The summed E-state index contributed by atoms with van der Waals surface area (Å²) in [5.74, 6) is 0.948. The van der Waals surface area contributed by atoms with Crippen LogP contribution < -0.4 is 0 Å². The third kappa shape index (κ3) is 3.46. The highest BCUT2D eigenvalue weighted by atomic mass is 15.1. The van der Waals surface area contributed by atoms with Gasteiger partial charge in [0, 0.05) is 11.3 Å². The van der Waals surface area contributed by atoms with Gasteiger partial charge in [-0.05, 0) is 73.8 Å². The van der Waals surface area contributed by atoms with Crippen LogP contribution in [0.3, 0.4) is 0 Å². The van der Waals surface area contributed by atoms with Gasteiger partial charge in [-0.15, -0.1) is 0 Å². The quantitative estimate of drug-likeness (QED) is 0.223. The minimum absolute atomic E-state index is 0.948. The fourth-order valence-corrected chi connectivity index (χ4v) is 5.96. The molecule has 182 valence electrons. The smallest absolute Gasteiger partial charge is 0.145 e. The van der Waals surface area contributed by atoms with Crippen molar-refractivity contribution >= 4 is 43.4 Å². The highest BCUT2D eigenvalue weighted by molar-refractivity contribution is 6.20. The Hall–Kier alpha value is -5.21. The average Bonchev–Trinajstić information content (AvgIpc) is 3.41. The Morgan fingerprint density at radius 2 is 1.08 bits per heavy atom. The Morgan fingerprint density at radius 1 is 0.436 bits per heavy atom. The second-order valence-corrected chi connectivity index (χ2v) is 10.0. The van der Waals surface area contributed by atoms with E-state index in [0.29, 0.717) is 0 Å². The molecule has 0 aliphatic heterocycles. The van der Waals surface area contributed by atoms with Gasteiger partial charge in [0.1, 0.15) is 5.82 Å². The van der Waals surface area contributed by atoms with Gasteiger partial charge in [0.05, 0.1) is 11.0 Å². The molecule has 0 atom stereocenters. The van der Waals surface area contributed by atoms with Gasteiger partial charge in [0.2, 0.25) is 0 Å². The molecule has 1 heterocycles. The first-order chi connectivity index (χ1) is 19.3. The van der Waals surface area contributed by atoms with Crippen LogP contribution in [0.4, 0.5) is 0 Å². The number of hydrogen-bond acceptors (Lipinski definition) is 1. The van der Waals surface area contributed by atoms with Gasteiger partial charge < -0.3 is 0 Å². The van der Waals surface area contributed by atoms with Crippen molar-refractivity contribution in [1.29, 1.82) is 0 Å². The number of aromatic nitrogens is 2. The minimum atomic E-state index is 0.948. The zero-order chi connectivity index (χ0) is 25.8. The van der Waals surface area contributed by atoms with E-state index in [-0.39, 0.29) is 0 Å². The minimum Gasteiger partial charge on any atom is -0.292 e. The van der Waals surface area contributed by atoms with Gasteiger partial charge in [0.25, 0.3) is 0 Å². The van der Waals surface area contributed by atoms with Crippen molar-refractivity contribution in [3.05, 3.63) is 146 Å². The molecule has 2 nitrogen and oxygen atoms in total. The van der Waals surface area contributed by atoms with Crippen LogP contribution in [0, 0.1) is 0 Å². The summed E-state index contributed by atoms with van der Waals surface area (Å²) in [6.07, 6.45) is 0. The van der Waals surface area contributed by atoms with E-state index in [1.54, 1.807) is 0 Å². The summed E-state index contributed by atoms with van der Waals surface area (Å²) < 4.78 is 2.25. The maximum absolute atomic E-state index is 5.05. The molecule has 0 unspecified atom stereocenters. The number of hydrogen-bond donors (Lipinski definition) is 0. The van der Waals surface area contributed by atoms with Crippen LogP contribution in [0.2, 0.25) is 0 Å². The lowest BCUT2D eigenvalue weighted by molar-refractivity contribution is 1.10. The van der Waals surface area contributed by atoms with Gasteiger partial charge in [0.15, 0.2) is 0 Å². The van der Waals surface area contributed by atoms with Gasteiger partial charge >= 0.3 is 0 Å². The van der Waals surface area contributed by atoms with E-state index < -0.39 is 0 Å². The summed E-state index contributed by atoms with van der Waals surface area (Å²) in [4.78, 5) is 5.05. The maximum atomic E-state index is 5.05. The molecule has 8 rings (SSSR count). The molecule has 0 spiro atoms. The number of rotatable bonds is 3. The molecule has 7 aromatic carbocycles. The number of para-hydroxylation sites is 3. The summed E-state index contributed by atoms with van der Waals surface area (Å²) in [6, 6.07) is 52.0. The van der Waals surface area contributed by atoms with Crippen molar-refractivity contribution in [2.24, 2.45) is 0 Å². The zero-order valence-corrected chi connectivity index (χ0v) is 21.3. The third-order valence-corrected chi connectivity index (χ3v) is 7.80. The number of benzene rings is 7. The molecule has 0 bridgehead atoms. The van der Waals surface area contributed by atoms with Crippen molar-refractivity contribution in [2.45, 2.75) is 0 Å². The summed E-state index contributed by atoms with van der Waals surface area (Å²) >= 11 is 0. The van der Waals surface area contributed by atoms with Crippen molar-refractivity contribution < 1.29 is 0 Å². The molecular weight excluding hydrogens is 472 g/mol. The Morgan fingerprint density at radius 3 is 1.92 bits per heavy atom. The van der Waals surface area contributed by atoms with Crippen LogP contribution >= 0.6 is 0 Å². The molecule has 0 saturated carbocycles. The summed E-state index contributed by atoms with van der Waals surface area (Å²) in [7, 11) is 0. The van der Waals surface area contributed by atoms with Crippen LogP contribution in [0.15, 0.2) is 146 Å². The lowest BCUT2D eigenvalue weighted by atomic mass is 9.91. The number of nitrogens with zero attached hydrogens (tertiary/aromatic N) is 2. The molecule has 0 fully saturated rings. The normalized spacial score (nSPS) is 11.6. The highest BCUT2D eigenvalue weighted by Gasteiger charge is 2.15.